The van der Waals surface area contributed by atoms with Gasteiger partial charge >= 0.3 is 0 Å². The molecule has 5 heteroatoms. The lowest BCUT2D eigenvalue weighted by molar-refractivity contribution is 0.344. The molecule has 1 aromatic heterocycles. The summed E-state index contributed by atoms with van der Waals surface area (Å²) in [4.78, 5) is 1.15. The van der Waals surface area contributed by atoms with E-state index in [0.29, 0.717) is 13.0 Å². The first-order valence-corrected chi connectivity index (χ1v) is 6.96. The highest BCUT2D eigenvalue weighted by molar-refractivity contribution is 7.99. The first-order valence-electron chi connectivity index (χ1n) is 5.98. The molecule has 1 heterocycles. The number of nitriles is 1. The smallest absolute Gasteiger partial charge is 0.119 e. The molecule has 0 saturated heterocycles. The van der Waals surface area contributed by atoms with Crippen LogP contribution in [0.1, 0.15) is 5.56 Å². The molecule has 0 fully saturated rings. The van der Waals surface area contributed by atoms with E-state index in [1.165, 1.54) is 0 Å². The molecule has 98 valence electrons. The Hall–Kier alpha value is -1.93. The largest absolute Gasteiger partial charge is 0.493 e. The number of rotatable bonds is 6. The Morgan fingerprint density at radius 3 is 2.79 bits per heavy atom. The molecule has 4 nitrogen and oxygen atoms in total. The Morgan fingerprint density at radius 1 is 1.37 bits per heavy atom. The van der Waals surface area contributed by atoms with E-state index in [9.17, 15) is 0 Å². The Labute approximate surface area is 117 Å². The Balaban J connectivity index is 1.72. The van der Waals surface area contributed by atoms with Crippen LogP contribution in [0.15, 0.2) is 41.6 Å². The maximum absolute atomic E-state index is 8.58. The summed E-state index contributed by atoms with van der Waals surface area (Å²) in [6, 6.07) is 9.78. The van der Waals surface area contributed by atoms with Crippen molar-refractivity contribution in [3.63, 3.8) is 0 Å². The molecule has 1 aromatic carbocycles. The maximum atomic E-state index is 8.58. The van der Waals surface area contributed by atoms with Gasteiger partial charge in [-0.05, 0) is 17.7 Å². The molecule has 0 N–H and O–H groups in total. The summed E-state index contributed by atoms with van der Waals surface area (Å²) in [7, 11) is 1.91. The van der Waals surface area contributed by atoms with Crippen LogP contribution in [0.5, 0.6) is 5.75 Å². The van der Waals surface area contributed by atoms with Gasteiger partial charge in [-0.3, -0.25) is 4.68 Å². The van der Waals surface area contributed by atoms with Crippen molar-refractivity contribution in [2.45, 2.75) is 11.3 Å². The van der Waals surface area contributed by atoms with Crippen molar-refractivity contribution in [2.75, 3.05) is 12.4 Å². The molecule has 19 heavy (non-hydrogen) atoms. The molecule has 0 amide bonds. The lowest BCUT2D eigenvalue weighted by atomic mass is 10.2. The van der Waals surface area contributed by atoms with Gasteiger partial charge in [-0.1, -0.05) is 12.1 Å². The molecule has 0 radical (unpaired) electrons. The fraction of sp³-hybridized carbons (Fsp3) is 0.286. The molecule has 0 aliphatic rings. The topological polar surface area (TPSA) is 50.8 Å². The average molecular weight is 273 g/mol. The van der Waals surface area contributed by atoms with E-state index in [2.05, 4.69) is 11.2 Å². The molecule has 0 unspecified atom stereocenters. The maximum Gasteiger partial charge on any atom is 0.119 e. The summed E-state index contributed by atoms with van der Waals surface area (Å²) in [6.07, 6.45) is 4.28. The fourth-order valence-electron chi connectivity index (χ4n) is 1.59. The zero-order valence-corrected chi connectivity index (χ0v) is 11.6. The summed E-state index contributed by atoms with van der Waals surface area (Å²) in [5.74, 6) is 1.72. The van der Waals surface area contributed by atoms with E-state index >= 15 is 0 Å². The number of hydrogen-bond acceptors (Lipinski definition) is 4. The van der Waals surface area contributed by atoms with E-state index in [0.717, 1.165) is 22.0 Å². The van der Waals surface area contributed by atoms with E-state index < -0.39 is 0 Å². The third kappa shape index (κ3) is 4.34. The average Bonchev–Trinajstić information content (AvgIpc) is 2.83. The monoisotopic (exact) mass is 273 g/mol. The van der Waals surface area contributed by atoms with E-state index in [1.807, 2.05) is 43.7 Å². The van der Waals surface area contributed by atoms with Gasteiger partial charge in [-0.2, -0.15) is 10.4 Å². The molecule has 0 spiro atoms. The summed E-state index contributed by atoms with van der Waals surface area (Å²) in [6.45, 7) is 0.650. The Kier molecular flexibility index (Phi) is 4.87. The quantitative estimate of drug-likeness (QED) is 0.600. The predicted octanol–water partition coefficient (Wildman–Crippen LogP) is 2.66. The minimum atomic E-state index is 0.442. The lowest BCUT2D eigenvalue weighted by Gasteiger charge is -2.05. The normalized spacial score (nSPS) is 10.1. The van der Waals surface area contributed by atoms with Crippen LogP contribution in [-0.4, -0.2) is 22.1 Å². The highest BCUT2D eigenvalue weighted by Crippen LogP contribution is 2.17. The van der Waals surface area contributed by atoms with Gasteiger partial charge in [0.1, 0.15) is 5.75 Å². The van der Waals surface area contributed by atoms with Crippen molar-refractivity contribution < 1.29 is 4.74 Å². The van der Waals surface area contributed by atoms with Crippen molar-refractivity contribution in [1.82, 2.24) is 9.78 Å². The predicted molar refractivity (Wildman–Crippen MR) is 75.2 cm³/mol. The summed E-state index contributed by atoms with van der Waals surface area (Å²) >= 11 is 1.72. The molecule has 0 bridgehead atoms. The number of ether oxygens (including phenoxy) is 1. The van der Waals surface area contributed by atoms with Crippen molar-refractivity contribution in [3.05, 3.63) is 42.2 Å². The number of hydrogen-bond donors (Lipinski definition) is 0. The first kappa shape index (κ1) is 13.5. The molecular formula is C14H15N3OS. The highest BCUT2D eigenvalue weighted by atomic mass is 32.2. The zero-order chi connectivity index (χ0) is 13.5. The van der Waals surface area contributed by atoms with Gasteiger partial charge in [-0.15, -0.1) is 11.8 Å². The van der Waals surface area contributed by atoms with Gasteiger partial charge in [0.2, 0.25) is 0 Å². The van der Waals surface area contributed by atoms with Gasteiger partial charge in [0, 0.05) is 23.9 Å². The van der Waals surface area contributed by atoms with E-state index in [1.54, 1.807) is 16.4 Å². The van der Waals surface area contributed by atoms with Crippen molar-refractivity contribution in [3.8, 4) is 11.8 Å². The van der Waals surface area contributed by atoms with Crippen molar-refractivity contribution in [1.29, 1.82) is 5.26 Å². The lowest BCUT2D eigenvalue weighted by Crippen LogP contribution is -1.99. The van der Waals surface area contributed by atoms with E-state index in [-0.39, 0.29) is 0 Å². The fourth-order valence-corrected chi connectivity index (χ4v) is 2.34. The van der Waals surface area contributed by atoms with Crippen LogP contribution in [0.4, 0.5) is 0 Å². The standard InChI is InChI=1S/C14H15N3OS/c1-17-11-14(10-16-17)19-9-8-18-13-4-2-12(3-5-13)6-7-15/h2-5,10-11H,6,8-9H2,1H3. The number of benzene rings is 1. The Morgan fingerprint density at radius 2 is 2.16 bits per heavy atom. The van der Waals surface area contributed by atoms with Crippen LogP contribution in [0, 0.1) is 11.3 Å². The number of aromatic nitrogens is 2. The van der Waals surface area contributed by atoms with Crippen molar-refractivity contribution >= 4 is 11.8 Å². The van der Waals surface area contributed by atoms with Gasteiger partial charge < -0.3 is 4.74 Å². The minimum absolute atomic E-state index is 0.442. The van der Waals surface area contributed by atoms with Crippen LogP contribution < -0.4 is 4.74 Å². The second-order valence-corrected chi connectivity index (χ2v) is 5.19. The molecule has 0 aliphatic heterocycles. The number of thioether (sulfide) groups is 1. The van der Waals surface area contributed by atoms with Crippen LogP contribution >= 0.6 is 11.8 Å². The second kappa shape index (κ2) is 6.86. The molecule has 2 aromatic rings. The molecule has 0 aliphatic carbocycles. The third-order valence-electron chi connectivity index (χ3n) is 2.51. The third-order valence-corrected chi connectivity index (χ3v) is 3.42. The molecule has 0 atom stereocenters. The van der Waals surface area contributed by atoms with Crippen LogP contribution in [0.25, 0.3) is 0 Å². The minimum Gasteiger partial charge on any atom is -0.493 e. The highest BCUT2D eigenvalue weighted by Gasteiger charge is 1.98. The van der Waals surface area contributed by atoms with Crippen molar-refractivity contribution in [2.24, 2.45) is 7.05 Å². The second-order valence-electron chi connectivity index (χ2n) is 4.03. The van der Waals surface area contributed by atoms with Crippen LogP contribution in [0.3, 0.4) is 0 Å². The summed E-state index contributed by atoms with van der Waals surface area (Å²) in [5.41, 5.74) is 1.01. The van der Waals surface area contributed by atoms with Gasteiger partial charge in [0.25, 0.3) is 0 Å². The van der Waals surface area contributed by atoms with Crippen LogP contribution in [-0.2, 0) is 13.5 Å². The molecule has 2 rings (SSSR count). The molecule has 0 saturated carbocycles. The van der Waals surface area contributed by atoms with Crippen LogP contribution in [0.2, 0.25) is 0 Å². The van der Waals surface area contributed by atoms with E-state index in [4.69, 9.17) is 10.00 Å². The van der Waals surface area contributed by atoms with Gasteiger partial charge in [0.05, 0.1) is 25.3 Å². The Bertz CT molecular complexity index is 557. The number of aryl methyl sites for hydroxylation is 1. The summed E-state index contributed by atoms with van der Waals surface area (Å²) < 4.78 is 7.43. The number of nitrogens with zero attached hydrogens (tertiary/aromatic N) is 3. The zero-order valence-electron chi connectivity index (χ0n) is 10.7. The SMILES string of the molecule is Cn1cc(SCCOc2ccc(CC#N)cc2)cn1. The molecular weight excluding hydrogens is 258 g/mol. The van der Waals surface area contributed by atoms with Gasteiger partial charge in [0.15, 0.2) is 0 Å². The van der Waals surface area contributed by atoms with Gasteiger partial charge in [-0.25, -0.2) is 0 Å². The first-order chi connectivity index (χ1) is 9.28. The summed E-state index contributed by atoms with van der Waals surface area (Å²) in [5, 5.41) is 12.7.